The van der Waals surface area contributed by atoms with Crippen LogP contribution >= 0.6 is 0 Å². The molecule has 0 aromatic heterocycles. The lowest BCUT2D eigenvalue weighted by atomic mass is 9.43. The molecular formula is C30H50O7. The molecule has 1 N–H and O–H groups in total. The summed E-state index contributed by atoms with van der Waals surface area (Å²) in [6.45, 7) is 12.0. The van der Waals surface area contributed by atoms with Crippen LogP contribution in [0.3, 0.4) is 0 Å². The van der Waals surface area contributed by atoms with Gasteiger partial charge in [-0.05, 0) is 124 Å². The molecule has 0 amide bonds. The fraction of sp³-hybridized carbons (Fsp3) is 0.933. The Bertz CT molecular complexity index is 801. The molecule has 4 aliphatic carbocycles. The summed E-state index contributed by atoms with van der Waals surface area (Å²) < 4.78 is 20.7. The third-order valence-electron chi connectivity index (χ3n) is 11.2. The van der Waals surface area contributed by atoms with Crippen LogP contribution in [-0.2, 0) is 18.9 Å². The van der Waals surface area contributed by atoms with E-state index in [1.54, 1.807) is 13.8 Å². The van der Waals surface area contributed by atoms with Crippen LogP contribution in [0, 0.1) is 46.3 Å². The number of hydrogen-bond acceptors (Lipinski definition) is 7. The summed E-state index contributed by atoms with van der Waals surface area (Å²) in [6.07, 6.45) is 8.85. The summed E-state index contributed by atoms with van der Waals surface area (Å²) in [5.74, 6) is 3.07. The molecule has 0 saturated heterocycles. The molecule has 0 aromatic carbocycles. The van der Waals surface area contributed by atoms with Crippen LogP contribution in [0.15, 0.2) is 0 Å². The Morgan fingerprint density at radius 1 is 0.892 bits per heavy atom. The first-order valence-corrected chi connectivity index (χ1v) is 14.9. The predicted octanol–water partition coefficient (Wildman–Crippen LogP) is 6.75. The Labute approximate surface area is 223 Å². The van der Waals surface area contributed by atoms with Gasteiger partial charge in [-0.1, -0.05) is 20.8 Å². The van der Waals surface area contributed by atoms with E-state index >= 15 is 0 Å². The molecule has 0 heterocycles. The molecule has 4 aliphatic rings. The summed E-state index contributed by atoms with van der Waals surface area (Å²) in [5.41, 5.74) is 0.463. The van der Waals surface area contributed by atoms with E-state index in [1.165, 1.54) is 25.7 Å². The van der Waals surface area contributed by atoms with Gasteiger partial charge in [0.2, 0.25) is 0 Å². The quantitative estimate of drug-likeness (QED) is 0.278. The molecule has 7 nitrogen and oxygen atoms in total. The highest BCUT2D eigenvalue weighted by molar-refractivity contribution is 5.60. The lowest BCUT2D eigenvalue weighted by Gasteiger charge is -2.62. The first-order valence-electron chi connectivity index (χ1n) is 14.9. The monoisotopic (exact) mass is 522 g/mol. The fourth-order valence-corrected chi connectivity index (χ4v) is 9.48. The van der Waals surface area contributed by atoms with Gasteiger partial charge in [0.1, 0.15) is 6.10 Å². The van der Waals surface area contributed by atoms with Crippen LogP contribution in [0.25, 0.3) is 0 Å². The number of fused-ring (bicyclic) bond motifs is 5. The third kappa shape index (κ3) is 5.62. The minimum Gasteiger partial charge on any atom is -0.435 e. The van der Waals surface area contributed by atoms with Crippen LogP contribution in [0.4, 0.5) is 9.59 Å². The number of aliphatic hydroxyl groups excluding tert-OH is 1. The highest BCUT2D eigenvalue weighted by atomic mass is 16.7. The van der Waals surface area contributed by atoms with Crippen molar-refractivity contribution in [3.05, 3.63) is 0 Å². The summed E-state index contributed by atoms with van der Waals surface area (Å²) in [6, 6.07) is 0. The standard InChI is InChI=1S/C30H50O7/c1-6-34-27(32)36-16-8-9-19(3)22-10-11-23-26-24(13-15-30(22,23)5)29(4)14-12-21(37-28(33)35-7-2)17-20(29)18-25(26)31/h19-26,31H,6-18H2,1-5H3/t19-,20+,21-,22-,23+,24+,25-,26+,29+,30-/m1/s1. The average molecular weight is 523 g/mol. The molecule has 0 radical (unpaired) electrons. The topological polar surface area (TPSA) is 91.3 Å². The van der Waals surface area contributed by atoms with Gasteiger partial charge in [0.05, 0.1) is 25.9 Å². The smallest absolute Gasteiger partial charge is 0.435 e. The number of rotatable bonds is 8. The zero-order chi connectivity index (χ0) is 26.8. The molecule has 0 spiro atoms. The fourth-order valence-electron chi connectivity index (χ4n) is 9.48. The van der Waals surface area contributed by atoms with E-state index < -0.39 is 12.3 Å². The van der Waals surface area contributed by atoms with Crippen LogP contribution in [-0.4, -0.2) is 49.4 Å². The van der Waals surface area contributed by atoms with E-state index in [4.69, 9.17) is 18.9 Å². The maximum Gasteiger partial charge on any atom is 0.508 e. The Morgan fingerprint density at radius 3 is 2.30 bits per heavy atom. The van der Waals surface area contributed by atoms with Gasteiger partial charge in [0.25, 0.3) is 0 Å². The summed E-state index contributed by atoms with van der Waals surface area (Å²) in [4.78, 5) is 23.4. The van der Waals surface area contributed by atoms with E-state index in [1.807, 2.05) is 0 Å². The van der Waals surface area contributed by atoms with Crippen molar-refractivity contribution in [2.24, 2.45) is 46.3 Å². The summed E-state index contributed by atoms with van der Waals surface area (Å²) in [7, 11) is 0. The van der Waals surface area contributed by atoms with E-state index in [-0.39, 0.29) is 23.0 Å². The lowest BCUT2D eigenvalue weighted by Crippen LogP contribution is -2.58. The SMILES string of the molecule is CCOC(=O)OCCC[C@@H](C)[C@H]1CC[C@H]2[C@@H]3[C@H](O)C[C@@H]4C[C@H](OC(=O)OCC)CC[C@]4(C)[C@H]3CC[C@]12C. The van der Waals surface area contributed by atoms with Crippen LogP contribution in [0.1, 0.15) is 98.8 Å². The number of hydrogen-bond donors (Lipinski definition) is 1. The van der Waals surface area contributed by atoms with Crippen molar-refractivity contribution in [2.45, 2.75) is 111 Å². The molecule has 4 fully saturated rings. The lowest BCUT2D eigenvalue weighted by molar-refractivity contribution is -0.175. The zero-order valence-corrected chi connectivity index (χ0v) is 23.7. The van der Waals surface area contributed by atoms with E-state index in [0.717, 1.165) is 38.5 Å². The first kappa shape index (κ1) is 28.5. The second kappa shape index (κ2) is 11.7. The highest BCUT2D eigenvalue weighted by Gasteiger charge is 2.63. The second-order valence-corrected chi connectivity index (χ2v) is 12.9. The maximum absolute atomic E-state index is 11.9. The van der Waals surface area contributed by atoms with Gasteiger partial charge in [-0.2, -0.15) is 0 Å². The van der Waals surface area contributed by atoms with Gasteiger partial charge in [-0.15, -0.1) is 0 Å². The Kier molecular flexibility index (Phi) is 9.02. The molecule has 10 atom stereocenters. The summed E-state index contributed by atoms with van der Waals surface area (Å²) >= 11 is 0. The normalized spacial score (nSPS) is 41.5. The average Bonchev–Trinajstić information content (AvgIpc) is 3.20. The number of carbonyl (C=O) groups excluding carboxylic acids is 2. The van der Waals surface area contributed by atoms with Gasteiger partial charge in [-0.3, -0.25) is 0 Å². The van der Waals surface area contributed by atoms with Gasteiger partial charge in [-0.25, -0.2) is 9.59 Å². The number of carbonyl (C=O) groups is 2. The largest absolute Gasteiger partial charge is 0.508 e. The van der Waals surface area contributed by atoms with Crippen molar-refractivity contribution in [1.29, 1.82) is 0 Å². The summed E-state index contributed by atoms with van der Waals surface area (Å²) in [5, 5.41) is 11.6. The molecule has 37 heavy (non-hydrogen) atoms. The molecule has 4 rings (SSSR count). The molecule has 7 heteroatoms. The van der Waals surface area contributed by atoms with Gasteiger partial charge in [0, 0.05) is 0 Å². The first-order chi connectivity index (χ1) is 17.6. The van der Waals surface area contributed by atoms with E-state index in [0.29, 0.717) is 55.3 Å². The Morgan fingerprint density at radius 2 is 1.57 bits per heavy atom. The zero-order valence-electron chi connectivity index (χ0n) is 23.7. The molecule has 212 valence electrons. The number of aliphatic hydroxyl groups is 1. The minimum absolute atomic E-state index is 0.0979. The van der Waals surface area contributed by atoms with Crippen molar-refractivity contribution in [3.63, 3.8) is 0 Å². The van der Waals surface area contributed by atoms with Crippen molar-refractivity contribution < 1.29 is 33.6 Å². The van der Waals surface area contributed by atoms with Gasteiger partial charge >= 0.3 is 12.3 Å². The molecule has 0 aliphatic heterocycles. The van der Waals surface area contributed by atoms with Gasteiger partial charge in [0.15, 0.2) is 0 Å². The van der Waals surface area contributed by atoms with Crippen LogP contribution in [0.5, 0.6) is 0 Å². The van der Waals surface area contributed by atoms with E-state index in [9.17, 15) is 14.7 Å². The minimum atomic E-state index is -0.569. The molecule has 0 aromatic rings. The maximum atomic E-state index is 11.9. The third-order valence-corrected chi connectivity index (χ3v) is 11.2. The van der Waals surface area contributed by atoms with Crippen molar-refractivity contribution in [3.8, 4) is 0 Å². The van der Waals surface area contributed by atoms with E-state index in [2.05, 4.69) is 20.8 Å². The highest BCUT2D eigenvalue weighted by Crippen LogP contribution is 2.68. The molecule has 4 saturated carbocycles. The molecule has 0 bridgehead atoms. The van der Waals surface area contributed by atoms with Gasteiger partial charge < -0.3 is 24.1 Å². The van der Waals surface area contributed by atoms with Crippen molar-refractivity contribution in [2.75, 3.05) is 19.8 Å². The predicted molar refractivity (Wildman–Crippen MR) is 140 cm³/mol. The van der Waals surface area contributed by atoms with Crippen LogP contribution in [0.2, 0.25) is 0 Å². The molecular weight excluding hydrogens is 472 g/mol. The second-order valence-electron chi connectivity index (χ2n) is 12.9. The molecule has 0 unspecified atom stereocenters. The van der Waals surface area contributed by atoms with Crippen molar-refractivity contribution in [1.82, 2.24) is 0 Å². The number of ether oxygens (including phenoxy) is 4. The van der Waals surface area contributed by atoms with Crippen molar-refractivity contribution >= 4 is 12.3 Å². The van der Waals surface area contributed by atoms with Crippen LogP contribution < -0.4 is 0 Å². The Hall–Kier alpha value is -1.50. The Balaban J connectivity index is 1.38.